The number of halogens is 1. The lowest BCUT2D eigenvalue weighted by Crippen LogP contribution is -2.56. The van der Waals surface area contributed by atoms with Crippen LogP contribution in [0.1, 0.15) is 26.3 Å². The van der Waals surface area contributed by atoms with E-state index in [1.807, 2.05) is 57.2 Å². The number of benzene rings is 3. The fraction of sp³-hybridized carbons (Fsp3) is 0.179. The van der Waals surface area contributed by atoms with Gasteiger partial charge >= 0.3 is 0 Å². The highest BCUT2D eigenvalue weighted by atomic mass is 79.9. The Hall–Kier alpha value is -3.49. The molecule has 1 aliphatic heterocycles. The molecule has 3 aromatic carbocycles. The summed E-state index contributed by atoms with van der Waals surface area (Å²) in [4.78, 5) is 30.1. The van der Waals surface area contributed by atoms with Crippen molar-refractivity contribution in [3.05, 3.63) is 88.4 Å². The van der Waals surface area contributed by atoms with E-state index < -0.39 is 11.8 Å². The SMILES string of the molecule is CCOc1cc(C=C2C(=O)N(c3ccccc3)C(=S)N(c3ccccc3)C2=O)cc(Br)c1OC(C)C. The number of anilines is 2. The molecule has 0 unspecified atom stereocenters. The van der Waals surface area contributed by atoms with E-state index in [-0.39, 0.29) is 16.8 Å². The molecule has 36 heavy (non-hydrogen) atoms. The second-order valence-electron chi connectivity index (χ2n) is 8.22. The van der Waals surface area contributed by atoms with Gasteiger partial charge in [0.2, 0.25) is 0 Å². The zero-order valence-corrected chi connectivity index (χ0v) is 22.5. The second kappa shape index (κ2) is 11.1. The number of nitrogens with zero attached hydrogens (tertiary/aromatic N) is 2. The standard InChI is InChI=1S/C28H25BrN2O4S/c1-4-34-24-17-19(16-23(29)25(24)35-18(2)3)15-22-26(32)30(20-11-7-5-8-12-20)28(36)31(27(22)33)21-13-9-6-10-14-21/h5-18H,4H2,1-3H3. The molecule has 184 valence electrons. The van der Waals surface area contributed by atoms with Gasteiger partial charge in [0.15, 0.2) is 16.6 Å². The predicted molar refractivity (Wildman–Crippen MR) is 150 cm³/mol. The lowest BCUT2D eigenvalue weighted by molar-refractivity contribution is -0.120. The molecule has 0 N–H and O–H groups in total. The van der Waals surface area contributed by atoms with E-state index in [2.05, 4.69) is 15.9 Å². The first kappa shape index (κ1) is 25.6. The van der Waals surface area contributed by atoms with Gasteiger partial charge in [0.1, 0.15) is 5.57 Å². The van der Waals surface area contributed by atoms with Crippen LogP contribution in [0, 0.1) is 0 Å². The van der Waals surface area contributed by atoms with E-state index in [0.29, 0.717) is 39.5 Å². The molecule has 1 aliphatic rings. The summed E-state index contributed by atoms with van der Waals surface area (Å²) in [6.07, 6.45) is 1.50. The van der Waals surface area contributed by atoms with Crippen LogP contribution < -0.4 is 19.3 Å². The molecule has 1 fully saturated rings. The number of rotatable bonds is 7. The van der Waals surface area contributed by atoms with Gasteiger partial charge < -0.3 is 9.47 Å². The maximum Gasteiger partial charge on any atom is 0.270 e. The van der Waals surface area contributed by atoms with E-state index in [1.54, 1.807) is 42.5 Å². The van der Waals surface area contributed by atoms with Gasteiger partial charge in [0.25, 0.3) is 11.8 Å². The van der Waals surface area contributed by atoms with Crippen LogP contribution in [0.4, 0.5) is 11.4 Å². The fourth-order valence-corrected chi connectivity index (χ4v) is 4.72. The highest BCUT2D eigenvalue weighted by Gasteiger charge is 2.41. The van der Waals surface area contributed by atoms with Crippen molar-refractivity contribution < 1.29 is 19.1 Å². The minimum Gasteiger partial charge on any atom is -0.490 e. The summed E-state index contributed by atoms with van der Waals surface area (Å²) in [7, 11) is 0. The van der Waals surface area contributed by atoms with Gasteiger partial charge in [-0.3, -0.25) is 19.4 Å². The first-order chi connectivity index (χ1) is 17.3. The molecule has 8 heteroatoms. The molecule has 0 spiro atoms. The summed E-state index contributed by atoms with van der Waals surface area (Å²) in [5.41, 5.74) is 1.72. The molecular weight excluding hydrogens is 540 g/mol. The van der Waals surface area contributed by atoms with Gasteiger partial charge in [-0.05, 0) is 97.0 Å². The van der Waals surface area contributed by atoms with E-state index in [9.17, 15) is 9.59 Å². The molecule has 0 saturated carbocycles. The van der Waals surface area contributed by atoms with Crippen molar-refractivity contribution in [1.29, 1.82) is 0 Å². The van der Waals surface area contributed by atoms with Crippen LogP contribution in [0.3, 0.4) is 0 Å². The summed E-state index contributed by atoms with van der Waals surface area (Å²) in [5.74, 6) is 0.0757. The number of carbonyl (C=O) groups excluding carboxylic acids is 2. The van der Waals surface area contributed by atoms with Crippen LogP contribution in [0.15, 0.2) is 82.8 Å². The molecule has 4 rings (SSSR count). The number of thiocarbonyl (C=S) groups is 1. The highest BCUT2D eigenvalue weighted by Crippen LogP contribution is 2.39. The average molecular weight is 565 g/mol. The van der Waals surface area contributed by atoms with Gasteiger partial charge in [-0.25, -0.2) is 0 Å². The minimum absolute atomic E-state index is 0.0248. The number of para-hydroxylation sites is 2. The first-order valence-corrected chi connectivity index (χ1v) is 12.7. The molecule has 0 atom stereocenters. The predicted octanol–water partition coefficient (Wildman–Crippen LogP) is 6.38. The van der Waals surface area contributed by atoms with Crippen molar-refractivity contribution in [3.63, 3.8) is 0 Å². The smallest absolute Gasteiger partial charge is 0.270 e. The maximum atomic E-state index is 13.7. The lowest BCUT2D eigenvalue weighted by atomic mass is 10.0. The lowest BCUT2D eigenvalue weighted by Gasteiger charge is -2.36. The van der Waals surface area contributed by atoms with Crippen LogP contribution in [0.2, 0.25) is 0 Å². The van der Waals surface area contributed by atoms with Crippen molar-refractivity contribution in [1.82, 2.24) is 0 Å². The Morgan fingerprint density at radius 2 is 1.44 bits per heavy atom. The van der Waals surface area contributed by atoms with Crippen LogP contribution in [-0.2, 0) is 9.59 Å². The summed E-state index contributed by atoms with van der Waals surface area (Å²) >= 11 is 9.21. The van der Waals surface area contributed by atoms with Crippen molar-refractivity contribution in [2.45, 2.75) is 26.9 Å². The van der Waals surface area contributed by atoms with Crippen LogP contribution >= 0.6 is 28.1 Å². The molecule has 3 aromatic rings. The number of hydrogen-bond acceptors (Lipinski definition) is 5. The number of amides is 2. The summed E-state index contributed by atoms with van der Waals surface area (Å²) in [6.45, 7) is 6.16. The van der Waals surface area contributed by atoms with Crippen LogP contribution in [-0.4, -0.2) is 29.6 Å². The molecule has 0 bridgehead atoms. The van der Waals surface area contributed by atoms with Crippen molar-refractivity contribution in [3.8, 4) is 11.5 Å². The second-order valence-corrected chi connectivity index (χ2v) is 9.44. The van der Waals surface area contributed by atoms with Gasteiger partial charge in [-0.15, -0.1) is 0 Å². The average Bonchev–Trinajstić information content (AvgIpc) is 2.85. The largest absolute Gasteiger partial charge is 0.490 e. The van der Waals surface area contributed by atoms with Crippen LogP contribution in [0.5, 0.6) is 11.5 Å². The summed E-state index contributed by atoms with van der Waals surface area (Å²) in [5, 5.41) is 0.0939. The Morgan fingerprint density at radius 3 is 1.92 bits per heavy atom. The Bertz CT molecular complexity index is 1260. The van der Waals surface area contributed by atoms with Gasteiger partial charge in [-0.1, -0.05) is 36.4 Å². The molecule has 0 aliphatic carbocycles. The van der Waals surface area contributed by atoms with Crippen molar-refractivity contribution >= 4 is 62.5 Å². The van der Waals surface area contributed by atoms with E-state index in [1.165, 1.54) is 9.80 Å². The molecule has 1 heterocycles. The molecule has 0 radical (unpaired) electrons. The Morgan fingerprint density at radius 1 is 0.917 bits per heavy atom. The Balaban J connectivity index is 1.85. The minimum atomic E-state index is -0.500. The molecule has 6 nitrogen and oxygen atoms in total. The number of hydrogen-bond donors (Lipinski definition) is 0. The first-order valence-electron chi connectivity index (χ1n) is 11.5. The van der Waals surface area contributed by atoms with E-state index in [4.69, 9.17) is 21.7 Å². The third-order valence-corrected chi connectivity index (χ3v) is 6.23. The van der Waals surface area contributed by atoms with Crippen molar-refractivity contribution in [2.75, 3.05) is 16.4 Å². The maximum absolute atomic E-state index is 13.7. The fourth-order valence-electron chi connectivity index (χ4n) is 3.79. The molecule has 2 amide bonds. The summed E-state index contributed by atoms with van der Waals surface area (Å²) in [6, 6.07) is 21.6. The monoisotopic (exact) mass is 564 g/mol. The van der Waals surface area contributed by atoms with E-state index in [0.717, 1.165) is 0 Å². The van der Waals surface area contributed by atoms with Gasteiger partial charge in [0.05, 0.1) is 28.6 Å². The van der Waals surface area contributed by atoms with Gasteiger partial charge in [-0.2, -0.15) is 0 Å². The highest BCUT2D eigenvalue weighted by molar-refractivity contribution is 9.10. The van der Waals surface area contributed by atoms with Gasteiger partial charge in [0, 0.05) is 0 Å². The molecule has 0 aromatic heterocycles. The van der Waals surface area contributed by atoms with Crippen molar-refractivity contribution in [2.24, 2.45) is 0 Å². The number of ether oxygens (including phenoxy) is 2. The van der Waals surface area contributed by atoms with E-state index >= 15 is 0 Å². The normalized spacial score (nSPS) is 13.9. The molecule has 1 saturated heterocycles. The topological polar surface area (TPSA) is 59.1 Å². The zero-order valence-electron chi connectivity index (χ0n) is 20.1. The zero-order chi connectivity index (χ0) is 25.8. The van der Waals surface area contributed by atoms with Crippen LogP contribution in [0.25, 0.3) is 6.08 Å². The third kappa shape index (κ3) is 5.20. The Kier molecular flexibility index (Phi) is 7.86. The molecular formula is C28H25BrN2O4S. The third-order valence-electron chi connectivity index (χ3n) is 5.27. The summed E-state index contributed by atoms with van der Waals surface area (Å²) < 4.78 is 12.4. The Labute approximate surface area is 224 Å². The quantitative estimate of drug-likeness (QED) is 0.189. The number of carbonyl (C=O) groups is 2.